The number of hydrogen-bond acceptors (Lipinski definition) is 0. The van der Waals surface area contributed by atoms with Crippen LogP contribution in [0.4, 0.5) is 0 Å². The molecule has 0 heterocycles. The molecule has 0 bridgehead atoms. The predicted octanol–water partition coefficient (Wildman–Crippen LogP) is 10.5. The fourth-order valence-electron chi connectivity index (χ4n) is 7.96. The maximum atomic E-state index is 2.50. The standard InChI is InChI=1S/C40H34/c1-5-17-31-27(11-1)15-9-21-35(31)39-33-19-7-3-13-29(33)23-25-37(39)38-26-24-30-14-4-8-20-34(30)40(38)36-22-10-16-28-12-2-6-18-32(28)36/h1-14,17-28,31-32,35-36H,15-16H2/t27-,28-,31+,32+,35+,36+/m0/s1. The molecule has 4 aromatic carbocycles. The number of hydrogen-bond donors (Lipinski definition) is 0. The zero-order valence-electron chi connectivity index (χ0n) is 22.7. The molecule has 0 saturated carbocycles. The number of fused-ring (bicyclic) bond motifs is 4. The first-order chi connectivity index (χ1) is 19.9. The van der Waals surface area contributed by atoms with E-state index in [9.17, 15) is 0 Å². The van der Waals surface area contributed by atoms with Gasteiger partial charge in [-0.25, -0.2) is 0 Å². The van der Waals surface area contributed by atoms with Crippen LogP contribution in [0.2, 0.25) is 0 Å². The largest absolute Gasteiger partial charge is 0.0873 e. The highest BCUT2D eigenvalue weighted by Gasteiger charge is 2.35. The Kier molecular flexibility index (Phi) is 5.80. The summed E-state index contributed by atoms with van der Waals surface area (Å²) in [4.78, 5) is 0. The van der Waals surface area contributed by atoms with Gasteiger partial charge in [0.15, 0.2) is 0 Å². The number of allylic oxidation sites excluding steroid dienone is 12. The molecule has 4 aliphatic carbocycles. The third-order valence-electron chi connectivity index (χ3n) is 9.83. The van der Waals surface area contributed by atoms with Crippen molar-refractivity contribution in [1.29, 1.82) is 0 Å². The van der Waals surface area contributed by atoms with Crippen molar-refractivity contribution in [3.05, 3.63) is 157 Å². The van der Waals surface area contributed by atoms with Crippen molar-refractivity contribution in [2.45, 2.75) is 24.7 Å². The smallest absolute Gasteiger partial charge is 0.00990 e. The first-order valence-corrected chi connectivity index (χ1v) is 14.9. The molecule has 0 heteroatoms. The molecule has 0 fully saturated rings. The van der Waals surface area contributed by atoms with Crippen LogP contribution in [0.15, 0.2) is 146 Å². The lowest BCUT2D eigenvalue weighted by atomic mass is 9.67. The second-order valence-electron chi connectivity index (χ2n) is 11.9. The summed E-state index contributed by atoms with van der Waals surface area (Å²) >= 11 is 0. The number of rotatable bonds is 3. The van der Waals surface area contributed by atoms with E-state index in [4.69, 9.17) is 0 Å². The van der Waals surface area contributed by atoms with Crippen molar-refractivity contribution < 1.29 is 0 Å². The maximum absolute atomic E-state index is 2.50. The third kappa shape index (κ3) is 3.81. The van der Waals surface area contributed by atoms with Crippen molar-refractivity contribution in [2.24, 2.45) is 23.7 Å². The van der Waals surface area contributed by atoms with Gasteiger partial charge in [0, 0.05) is 11.8 Å². The lowest BCUT2D eigenvalue weighted by molar-refractivity contribution is 0.417. The van der Waals surface area contributed by atoms with Crippen LogP contribution in [0, 0.1) is 23.7 Å². The van der Waals surface area contributed by atoms with Crippen LogP contribution < -0.4 is 0 Å². The van der Waals surface area contributed by atoms with Crippen LogP contribution in [0.25, 0.3) is 32.7 Å². The first-order valence-electron chi connectivity index (χ1n) is 14.9. The van der Waals surface area contributed by atoms with Crippen LogP contribution in [0.1, 0.15) is 35.8 Å². The Balaban J connectivity index is 1.41. The minimum Gasteiger partial charge on any atom is -0.0873 e. The average molecular weight is 515 g/mol. The van der Waals surface area contributed by atoms with E-state index in [1.54, 1.807) is 0 Å². The van der Waals surface area contributed by atoms with Gasteiger partial charge in [0.2, 0.25) is 0 Å². The summed E-state index contributed by atoms with van der Waals surface area (Å²) in [6.45, 7) is 0. The zero-order chi connectivity index (χ0) is 26.5. The lowest BCUT2D eigenvalue weighted by Gasteiger charge is -2.37. The Morgan fingerprint density at radius 2 is 0.875 bits per heavy atom. The topological polar surface area (TPSA) is 0 Å². The second kappa shape index (κ2) is 9.79. The Labute approximate surface area is 237 Å². The molecule has 0 saturated heterocycles. The van der Waals surface area contributed by atoms with E-state index < -0.39 is 0 Å². The van der Waals surface area contributed by atoms with Crippen molar-refractivity contribution in [1.82, 2.24) is 0 Å². The summed E-state index contributed by atoms with van der Waals surface area (Å²) in [5.74, 6) is 2.76. The zero-order valence-corrected chi connectivity index (χ0v) is 22.7. The molecule has 0 radical (unpaired) electrons. The van der Waals surface area contributed by atoms with Gasteiger partial charge in [0.05, 0.1) is 0 Å². The molecule has 0 N–H and O–H groups in total. The van der Waals surface area contributed by atoms with E-state index in [0.29, 0.717) is 35.5 Å². The van der Waals surface area contributed by atoms with Crippen LogP contribution in [0.3, 0.4) is 0 Å². The highest BCUT2D eigenvalue weighted by molar-refractivity contribution is 5.98. The molecule has 0 amide bonds. The van der Waals surface area contributed by atoms with Gasteiger partial charge < -0.3 is 0 Å². The Bertz CT molecular complexity index is 1650. The highest BCUT2D eigenvalue weighted by Crippen LogP contribution is 2.50. The first kappa shape index (κ1) is 23.7. The molecule has 40 heavy (non-hydrogen) atoms. The Hall–Kier alpha value is -4.16. The van der Waals surface area contributed by atoms with Crippen LogP contribution in [0.5, 0.6) is 0 Å². The molecule has 0 nitrogen and oxygen atoms in total. The molecule has 0 unspecified atom stereocenters. The van der Waals surface area contributed by atoms with Gasteiger partial charge in [-0.05, 0) is 80.3 Å². The van der Waals surface area contributed by atoms with Gasteiger partial charge in [-0.2, -0.15) is 0 Å². The van der Waals surface area contributed by atoms with E-state index in [-0.39, 0.29) is 0 Å². The van der Waals surface area contributed by atoms with E-state index in [2.05, 4.69) is 146 Å². The monoisotopic (exact) mass is 514 g/mol. The molecular weight excluding hydrogens is 480 g/mol. The summed E-state index contributed by atoms with van der Waals surface area (Å²) in [6.07, 6.45) is 30.9. The van der Waals surface area contributed by atoms with Crippen molar-refractivity contribution >= 4 is 21.5 Å². The molecular formula is C40H34. The third-order valence-corrected chi connectivity index (χ3v) is 9.83. The minimum absolute atomic E-state index is 0.340. The van der Waals surface area contributed by atoms with Crippen LogP contribution in [-0.2, 0) is 0 Å². The molecule has 6 atom stereocenters. The molecule has 8 rings (SSSR count). The maximum Gasteiger partial charge on any atom is 0.00990 e. The summed E-state index contributed by atoms with van der Waals surface area (Å²) in [5.41, 5.74) is 5.75. The van der Waals surface area contributed by atoms with Gasteiger partial charge in [0.25, 0.3) is 0 Å². The van der Waals surface area contributed by atoms with Gasteiger partial charge in [-0.3, -0.25) is 0 Å². The van der Waals surface area contributed by atoms with Crippen LogP contribution in [-0.4, -0.2) is 0 Å². The van der Waals surface area contributed by atoms with Crippen molar-refractivity contribution in [2.75, 3.05) is 0 Å². The van der Waals surface area contributed by atoms with Gasteiger partial charge >= 0.3 is 0 Å². The molecule has 0 spiro atoms. The van der Waals surface area contributed by atoms with Crippen molar-refractivity contribution in [3.63, 3.8) is 0 Å². The SMILES string of the molecule is C1=C[C@@H]2[C@@H](C=C1)CC=C[C@H]2c1c(-c2ccc3ccccc3c2[C@@H]2C=CC[C@@H]3C=CC=C[C@H]32)ccc2ccccc12. The fourth-order valence-corrected chi connectivity index (χ4v) is 7.96. The molecule has 4 aliphatic rings. The van der Waals surface area contributed by atoms with Crippen molar-refractivity contribution in [3.8, 4) is 11.1 Å². The average Bonchev–Trinajstić information content (AvgIpc) is 3.03. The molecule has 4 aromatic rings. The fraction of sp³-hybridized carbons (Fsp3) is 0.200. The van der Waals surface area contributed by atoms with E-state index in [0.717, 1.165) is 12.8 Å². The molecule has 0 aromatic heterocycles. The second-order valence-corrected chi connectivity index (χ2v) is 11.9. The Morgan fingerprint density at radius 1 is 0.425 bits per heavy atom. The lowest BCUT2D eigenvalue weighted by Crippen LogP contribution is -2.24. The molecule has 0 aliphatic heterocycles. The number of benzene rings is 4. The predicted molar refractivity (Wildman–Crippen MR) is 170 cm³/mol. The van der Waals surface area contributed by atoms with Crippen LogP contribution >= 0.6 is 0 Å². The Morgan fingerprint density at radius 3 is 1.38 bits per heavy atom. The quantitative estimate of drug-likeness (QED) is 0.239. The normalized spacial score (nSPS) is 28.2. The summed E-state index contributed by atoms with van der Waals surface area (Å²) < 4.78 is 0. The summed E-state index contributed by atoms with van der Waals surface area (Å²) in [6, 6.07) is 27.6. The van der Waals surface area contributed by atoms with Gasteiger partial charge in [0.1, 0.15) is 0 Å². The van der Waals surface area contributed by atoms with Gasteiger partial charge in [-0.1, -0.05) is 146 Å². The summed E-state index contributed by atoms with van der Waals surface area (Å²) in [7, 11) is 0. The highest BCUT2D eigenvalue weighted by atomic mass is 14.4. The van der Waals surface area contributed by atoms with E-state index >= 15 is 0 Å². The minimum atomic E-state index is 0.340. The van der Waals surface area contributed by atoms with E-state index in [1.165, 1.54) is 43.8 Å². The molecule has 194 valence electrons. The van der Waals surface area contributed by atoms with E-state index in [1.807, 2.05) is 0 Å². The van der Waals surface area contributed by atoms with Gasteiger partial charge in [-0.15, -0.1) is 0 Å². The summed E-state index contributed by atoms with van der Waals surface area (Å²) in [5, 5.41) is 5.42.